The van der Waals surface area contributed by atoms with E-state index in [1.807, 2.05) is 6.07 Å². The molecule has 0 aliphatic rings. The molecule has 6 heteroatoms. The molecule has 96 valence electrons. The third-order valence-corrected chi connectivity index (χ3v) is 2.05. The number of amides is 1. The second kappa shape index (κ2) is 7.19. The Labute approximate surface area is 105 Å². The van der Waals surface area contributed by atoms with Gasteiger partial charge in [-0.15, -0.1) is 12.4 Å². The molecule has 1 aromatic carbocycles. The van der Waals surface area contributed by atoms with E-state index in [9.17, 15) is 13.6 Å². The van der Waals surface area contributed by atoms with Crippen LogP contribution in [0, 0.1) is 0 Å². The smallest absolute Gasteiger partial charge is 0.277 e. The third kappa shape index (κ3) is 6.19. The summed E-state index contributed by atoms with van der Waals surface area (Å²) in [5, 5.41) is 2.15. The van der Waals surface area contributed by atoms with Crippen LogP contribution in [0.2, 0.25) is 0 Å². The standard InChI is InChI=1S/C11H14F2N2O.ClH/c12-11(13,7-14)8-15-10(16)6-9-4-2-1-3-5-9;/h1-5H,6-8,14H2,(H,15,16);1H. The molecule has 0 aromatic heterocycles. The summed E-state index contributed by atoms with van der Waals surface area (Å²) >= 11 is 0. The Kier molecular flexibility index (Phi) is 6.68. The van der Waals surface area contributed by atoms with E-state index in [1.165, 1.54) is 0 Å². The predicted octanol–water partition coefficient (Wildman–Crippen LogP) is 1.36. The van der Waals surface area contributed by atoms with Crippen molar-refractivity contribution in [3.63, 3.8) is 0 Å². The molecule has 0 aliphatic heterocycles. The first kappa shape index (κ1) is 15.8. The van der Waals surface area contributed by atoms with Crippen molar-refractivity contribution in [3.05, 3.63) is 35.9 Å². The fraction of sp³-hybridized carbons (Fsp3) is 0.364. The van der Waals surface area contributed by atoms with Gasteiger partial charge in [-0.25, -0.2) is 8.78 Å². The highest BCUT2D eigenvalue weighted by atomic mass is 35.5. The Bertz CT molecular complexity index is 347. The molecule has 1 amide bonds. The molecule has 0 saturated heterocycles. The molecular formula is C11H15ClF2N2O. The van der Waals surface area contributed by atoms with Crippen LogP contribution in [0.5, 0.6) is 0 Å². The lowest BCUT2D eigenvalue weighted by molar-refractivity contribution is -0.122. The number of carbonyl (C=O) groups is 1. The lowest BCUT2D eigenvalue weighted by Crippen LogP contribution is -2.42. The summed E-state index contributed by atoms with van der Waals surface area (Å²) < 4.78 is 25.4. The molecule has 1 aromatic rings. The maximum atomic E-state index is 12.7. The molecule has 3 nitrogen and oxygen atoms in total. The second-order valence-electron chi connectivity index (χ2n) is 3.50. The van der Waals surface area contributed by atoms with Gasteiger partial charge in [0.05, 0.1) is 19.5 Å². The van der Waals surface area contributed by atoms with Crippen LogP contribution in [-0.4, -0.2) is 24.9 Å². The van der Waals surface area contributed by atoms with Crippen molar-refractivity contribution in [2.24, 2.45) is 5.73 Å². The van der Waals surface area contributed by atoms with Gasteiger partial charge in [0.15, 0.2) is 0 Å². The summed E-state index contributed by atoms with van der Waals surface area (Å²) in [6, 6.07) is 8.93. The van der Waals surface area contributed by atoms with Gasteiger partial charge < -0.3 is 11.1 Å². The highest BCUT2D eigenvalue weighted by Crippen LogP contribution is 2.08. The second-order valence-corrected chi connectivity index (χ2v) is 3.50. The van der Waals surface area contributed by atoms with E-state index in [2.05, 4.69) is 5.32 Å². The molecule has 0 spiro atoms. The molecule has 0 radical (unpaired) electrons. The molecule has 3 N–H and O–H groups in total. The van der Waals surface area contributed by atoms with E-state index in [0.717, 1.165) is 5.56 Å². The van der Waals surface area contributed by atoms with Crippen molar-refractivity contribution in [3.8, 4) is 0 Å². The van der Waals surface area contributed by atoms with Crippen LogP contribution in [0.3, 0.4) is 0 Å². The van der Waals surface area contributed by atoms with Gasteiger partial charge in [0, 0.05) is 0 Å². The minimum Gasteiger partial charge on any atom is -0.350 e. The summed E-state index contributed by atoms with van der Waals surface area (Å²) in [6.07, 6.45) is 0.0987. The van der Waals surface area contributed by atoms with Gasteiger partial charge >= 0.3 is 0 Å². The quantitative estimate of drug-likeness (QED) is 0.844. The highest BCUT2D eigenvalue weighted by Gasteiger charge is 2.26. The maximum absolute atomic E-state index is 12.7. The summed E-state index contributed by atoms with van der Waals surface area (Å²) in [5.74, 6) is -3.47. The Morgan fingerprint density at radius 2 is 1.88 bits per heavy atom. The van der Waals surface area contributed by atoms with Gasteiger partial charge in [0.1, 0.15) is 0 Å². The number of alkyl halides is 2. The average Bonchev–Trinajstić information content (AvgIpc) is 2.28. The predicted molar refractivity (Wildman–Crippen MR) is 64.4 cm³/mol. The van der Waals surface area contributed by atoms with Crippen molar-refractivity contribution in [1.82, 2.24) is 5.32 Å². The van der Waals surface area contributed by atoms with Gasteiger partial charge in [-0.05, 0) is 5.56 Å². The molecule has 0 saturated carbocycles. The van der Waals surface area contributed by atoms with E-state index in [-0.39, 0.29) is 18.8 Å². The summed E-state index contributed by atoms with van der Waals surface area (Å²) in [4.78, 5) is 11.3. The van der Waals surface area contributed by atoms with Crippen LogP contribution in [-0.2, 0) is 11.2 Å². The molecule has 0 aliphatic carbocycles. The number of hydrogen-bond donors (Lipinski definition) is 2. The Morgan fingerprint density at radius 3 is 2.41 bits per heavy atom. The summed E-state index contributed by atoms with van der Waals surface area (Å²) in [6.45, 7) is -1.48. The van der Waals surface area contributed by atoms with Gasteiger partial charge in [0.2, 0.25) is 5.91 Å². The van der Waals surface area contributed by atoms with Gasteiger partial charge in [-0.2, -0.15) is 0 Å². The number of hydrogen-bond acceptors (Lipinski definition) is 2. The van der Waals surface area contributed by atoms with Crippen molar-refractivity contribution in [2.75, 3.05) is 13.1 Å². The van der Waals surface area contributed by atoms with E-state index in [1.54, 1.807) is 24.3 Å². The zero-order valence-electron chi connectivity index (χ0n) is 9.16. The minimum atomic E-state index is -3.04. The van der Waals surface area contributed by atoms with Crippen molar-refractivity contribution in [2.45, 2.75) is 12.3 Å². The highest BCUT2D eigenvalue weighted by molar-refractivity contribution is 5.85. The zero-order chi connectivity index (χ0) is 12.0. The Balaban J connectivity index is 0.00000256. The van der Waals surface area contributed by atoms with Gasteiger partial charge in [-0.3, -0.25) is 4.79 Å². The number of halogens is 3. The zero-order valence-corrected chi connectivity index (χ0v) is 9.97. The maximum Gasteiger partial charge on any atom is 0.277 e. The average molecular weight is 265 g/mol. The van der Waals surface area contributed by atoms with Gasteiger partial charge in [0.25, 0.3) is 5.92 Å². The first-order valence-corrected chi connectivity index (χ1v) is 4.92. The van der Waals surface area contributed by atoms with E-state index in [4.69, 9.17) is 5.73 Å². The van der Waals surface area contributed by atoms with Crippen LogP contribution in [0.4, 0.5) is 8.78 Å². The number of carbonyl (C=O) groups excluding carboxylic acids is 1. The number of rotatable bonds is 5. The van der Waals surface area contributed by atoms with Crippen LogP contribution in [0.25, 0.3) is 0 Å². The number of benzene rings is 1. The molecule has 17 heavy (non-hydrogen) atoms. The molecule has 0 heterocycles. The summed E-state index contributed by atoms with van der Waals surface area (Å²) in [7, 11) is 0. The Morgan fingerprint density at radius 1 is 1.29 bits per heavy atom. The number of nitrogens with two attached hydrogens (primary N) is 1. The monoisotopic (exact) mass is 264 g/mol. The van der Waals surface area contributed by atoms with E-state index in [0.29, 0.717) is 0 Å². The van der Waals surface area contributed by atoms with Crippen molar-refractivity contribution in [1.29, 1.82) is 0 Å². The molecule has 1 rings (SSSR count). The largest absolute Gasteiger partial charge is 0.350 e. The normalized spacial score (nSPS) is 10.5. The first-order chi connectivity index (χ1) is 7.53. The molecule has 0 fully saturated rings. The van der Waals surface area contributed by atoms with Crippen molar-refractivity contribution >= 4 is 18.3 Å². The molecule has 0 bridgehead atoms. The first-order valence-electron chi connectivity index (χ1n) is 4.92. The van der Waals surface area contributed by atoms with Crippen LogP contribution in [0.15, 0.2) is 30.3 Å². The van der Waals surface area contributed by atoms with Crippen LogP contribution < -0.4 is 11.1 Å². The van der Waals surface area contributed by atoms with Gasteiger partial charge in [-0.1, -0.05) is 30.3 Å². The topological polar surface area (TPSA) is 55.1 Å². The molecule has 0 atom stereocenters. The van der Waals surface area contributed by atoms with E-state index < -0.39 is 24.9 Å². The summed E-state index contributed by atoms with van der Waals surface area (Å²) in [5.41, 5.74) is 5.63. The molecular weight excluding hydrogens is 250 g/mol. The Hall–Kier alpha value is -1.20. The lowest BCUT2D eigenvalue weighted by atomic mass is 10.1. The minimum absolute atomic E-state index is 0. The fourth-order valence-electron chi connectivity index (χ4n) is 1.14. The van der Waals surface area contributed by atoms with E-state index >= 15 is 0 Å². The lowest BCUT2D eigenvalue weighted by Gasteiger charge is -2.14. The molecule has 0 unspecified atom stereocenters. The third-order valence-electron chi connectivity index (χ3n) is 2.05. The van der Waals surface area contributed by atoms with Crippen LogP contribution >= 0.6 is 12.4 Å². The van der Waals surface area contributed by atoms with Crippen LogP contribution in [0.1, 0.15) is 5.56 Å². The fourth-order valence-corrected chi connectivity index (χ4v) is 1.14. The van der Waals surface area contributed by atoms with Crippen molar-refractivity contribution < 1.29 is 13.6 Å². The SMILES string of the molecule is Cl.NCC(F)(F)CNC(=O)Cc1ccccc1. The number of nitrogens with one attached hydrogen (secondary N) is 1.